The molecule has 0 fully saturated rings. The average Bonchev–Trinajstić information content (AvgIpc) is 2.67. The van der Waals surface area contributed by atoms with Gasteiger partial charge in [0.15, 0.2) is 0 Å². The van der Waals surface area contributed by atoms with E-state index in [1.807, 2.05) is 0 Å². The third kappa shape index (κ3) is 9.23. The van der Waals surface area contributed by atoms with Gasteiger partial charge in [0, 0.05) is 0 Å². The van der Waals surface area contributed by atoms with E-state index in [9.17, 15) is 13.0 Å². The van der Waals surface area contributed by atoms with Gasteiger partial charge in [0.1, 0.15) is 10.1 Å². The van der Waals surface area contributed by atoms with Crippen molar-refractivity contribution in [3.63, 3.8) is 0 Å². The molecule has 3 nitrogen and oxygen atoms in total. The molecule has 0 saturated heterocycles. The van der Waals surface area contributed by atoms with Crippen LogP contribution in [0.15, 0.2) is 59.5 Å². The number of rotatable bonds is 12. The topological polar surface area (TPSA) is 57.2 Å². The molecule has 148 valence electrons. The molecule has 0 heterocycles. The van der Waals surface area contributed by atoms with Crippen LogP contribution in [0.1, 0.15) is 75.3 Å². The minimum absolute atomic E-state index is 0. The van der Waals surface area contributed by atoms with Crippen molar-refractivity contribution in [1.29, 1.82) is 0 Å². The van der Waals surface area contributed by atoms with Crippen molar-refractivity contribution in [2.24, 2.45) is 0 Å². The molecule has 0 aliphatic carbocycles. The second-order valence-corrected chi connectivity index (χ2v) is 8.68. The maximum absolute atomic E-state index is 11.0. The summed E-state index contributed by atoms with van der Waals surface area (Å²) >= 11 is 0. The third-order valence-electron chi connectivity index (χ3n) is 5.16. The molecule has 5 heteroatoms. The number of hydrogen-bond donors (Lipinski definition) is 0. The van der Waals surface area contributed by atoms with Crippen molar-refractivity contribution in [2.45, 2.75) is 75.5 Å². The Labute approximate surface area is 193 Å². The van der Waals surface area contributed by atoms with Crippen molar-refractivity contribution >= 4 is 10.1 Å². The first-order valence-electron chi connectivity index (χ1n) is 10.1. The zero-order valence-corrected chi connectivity index (χ0v) is 20.1. The van der Waals surface area contributed by atoms with Crippen LogP contribution in [0, 0.1) is 0 Å². The van der Waals surface area contributed by atoms with E-state index in [1.165, 1.54) is 56.2 Å². The Hall–Kier alpha value is -0.650. The molecule has 2 aromatic carbocycles. The summed E-state index contributed by atoms with van der Waals surface area (Å²) in [6.07, 6.45) is 10.8. The van der Waals surface area contributed by atoms with E-state index in [0.29, 0.717) is 5.92 Å². The molecule has 1 atom stereocenters. The predicted molar refractivity (Wildman–Crippen MR) is 110 cm³/mol. The molecule has 0 aromatic heterocycles. The standard InChI is InChI=1S/C23H32O3S.Na/c1-2-3-4-6-12-22(21-13-7-5-8-14-21)15-10-9-11-20-16-18-23(19-17-20)27(24,25)26;/h5,7-8,13-14,16-19,22H,2-4,6,9-12,15H2,1H3,(H,24,25,26);/q;+1/p-1. The van der Waals surface area contributed by atoms with Crippen molar-refractivity contribution in [3.8, 4) is 0 Å². The molecule has 0 bridgehead atoms. The Kier molecular flexibility index (Phi) is 12.3. The van der Waals surface area contributed by atoms with Crippen LogP contribution in [0.3, 0.4) is 0 Å². The summed E-state index contributed by atoms with van der Waals surface area (Å²) < 4.78 is 33.0. The van der Waals surface area contributed by atoms with Gasteiger partial charge >= 0.3 is 29.6 Å². The van der Waals surface area contributed by atoms with E-state index >= 15 is 0 Å². The third-order valence-corrected chi connectivity index (χ3v) is 6.01. The molecule has 0 N–H and O–H groups in total. The van der Waals surface area contributed by atoms with Crippen LogP contribution in [0.4, 0.5) is 0 Å². The van der Waals surface area contributed by atoms with E-state index < -0.39 is 10.1 Å². The van der Waals surface area contributed by atoms with Crippen LogP contribution in [0.5, 0.6) is 0 Å². The SMILES string of the molecule is CCCCCCC(CCCCc1ccc(S(=O)(=O)[O-])cc1)c1ccccc1.[Na+]. The summed E-state index contributed by atoms with van der Waals surface area (Å²) in [6, 6.07) is 17.1. The van der Waals surface area contributed by atoms with E-state index in [1.54, 1.807) is 12.1 Å². The fourth-order valence-corrected chi connectivity index (χ4v) is 4.03. The summed E-state index contributed by atoms with van der Waals surface area (Å²) in [5.74, 6) is 0.621. The zero-order valence-electron chi connectivity index (χ0n) is 17.3. The van der Waals surface area contributed by atoms with Crippen LogP contribution in [0.25, 0.3) is 0 Å². The summed E-state index contributed by atoms with van der Waals surface area (Å²) in [7, 11) is -4.35. The Morgan fingerprint density at radius 2 is 1.43 bits per heavy atom. The van der Waals surface area contributed by atoms with Crippen LogP contribution in [-0.2, 0) is 16.5 Å². The molecular formula is C23H31NaO3S. The van der Waals surface area contributed by atoms with Crippen molar-refractivity contribution in [3.05, 3.63) is 65.7 Å². The van der Waals surface area contributed by atoms with E-state index in [-0.39, 0.29) is 34.5 Å². The van der Waals surface area contributed by atoms with Gasteiger partial charge in [0.25, 0.3) is 0 Å². The van der Waals surface area contributed by atoms with Gasteiger partial charge in [-0.2, -0.15) is 0 Å². The minimum atomic E-state index is -4.35. The second-order valence-electron chi connectivity index (χ2n) is 7.30. The average molecular weight is 411 g/mol. The van der Waals surface area contributed by atoms with E-state index in [2.05, 4.69) is 37.3 Å². The predicted octanol–water partition coefficient (Wildman–Crippen LogP) is 3.06. The van der Waals surface area contributed by atoms with Crippen molar-refractivity contribution in [2.75, 3.05) is 0 Å². The van der Waals surface area contributed by atoms with Crippen molar-refractivity contribution < 1.29 is 42.5 Å². The van der Waals surface area contributed by atoms with Gasteiger partial charge < -0.3 is 4.55 Å². The fourth-order valence-electron chi connectivity index (χ4n) is 3.56. The minimum Gasteiger partial charge on any atom is -0.744 e. The molecule has 0 aliphatic heterocycles. The molecule has 28 heavy (non-hydrogen) atoms. The molecule has 0 radical (unpaired) electrons. The maximum atomic E-state index is 11.0. The molecule has 1 unspecified atom stereocenters. The molecule has 2 rings (SSSR count). The number of hydrogen-bond acceptors (Lipinski definition) is 3. The van der Waals surface area contributed by atoms with Gasteiger partial charge in [-0.3, -0.25) is 0 Å². The molecule has 0 saturated carbocycles. The van der Waals surface area contributed by atoms with Gasteiger partial charge in [0.2, 0.25) is 0 Å². The smallest absolute Gasteiger partial charge is 0.744 e. The Balaban J connectivity index is 0.00000392. The van der Waals surface area contributed by atoms with Gasteiger partial charge in [0.05, 0.1) is 4.90 Å². The first-order chi connectivity index (χ1) is 13.0. The molecular weight excluding hydrogens is 379 g/mol. The summed E-state index contributed by atoms with van der Waals surface area (Å²) in [5, 5.41) is 0. The molecule has 0 spiro atoms. The van der Waals surface area contributed by atoms with Crippen LogP contribution in [-0.4, -0.2) is 13.0 Å². The number of aryl methyl sites for hydroxylation is 1. The number of unbranched alkanes of at least 4 members (excludes halogenated alkanes) is 4. The van der Waals surface area contributed by atoms with Crippen molar-refractivity contribution in [1.82, 2.24) is 0 Å². The zero-order chi connectivity index (χ0) is 19.5. The first kappa shape index (κ1) is 25.4. The summed E-state index contributed by atoms with van der Waals surface area (Å²) in [6.45, 7) is 2.24. The number of benzene rings is 2. The van der Waals surface area contributed by atoms with Gasteiger partial charge in [-0.15, -0.1) is 0 Å². The van der Waals surface area contributed by atoms with Crippen LogP contribution < -0.4 is 29.6 Å². The van der Waals surface area contributed by atoms with Crippen LogP contribution >= 0.6 is 0 Å². The van der Waals surface area contributed by atoms with Crippen LogP contribution in [0.2, 0.25) is 0 Å². The fraction of sp³-hybridized carbons (Fsp3) is 0.478. The Morgan fingerprint density at radius 1 is 0.821 bits per heavy atom. The summed E-state index contributed by atoms with van der Waals surface area (Å²) in [4.78, 5) is -0.150. The van der Waals surface area contributed by atoms with Gasteiger partial charge in [-0.1, -0.05) is 81.5 Å². The first-order valence-corrected chi connectivity index (χ1v) is 11.5. The van der Waals surface area contributed by atoms with Gasteiger partial charge in [-0.05, 0) is 54.9 Å². The van der Waals surface area contributed by atoms with Gasteiger partial charge in [-0.25, -0.2) is 8.42 Å². The summed E-state index contributed by atoms with van der Waals surface area (Å²) in [5.41, 5.74) is 2.53. The normalized spacial score (nSPS) is 12.4. The van der Waals surface area contributed by atoms with E-state index in [4.69, 9.17) is 0 Å². The monoisotopic (exact) mass is 410 g/mol. The Bertz CT molecular complexity index is 758. The molecule has 0 amide bonds. The quantitative estimate of drug-likeness (QED) is 0.307. The molecule has 2 aromatic rings. The molecule has 0 aliphatic rings. The maximum Gasteiger partial charge on any atom is 1.00 e. The van der Waals surface area contributed by atoms with E-state index in [0.717, 1.165) is 24.8 Å². The Morgan fingerprint density at radius 3 is 2.00 bits per heavy atom. The second kappa shape index (κ2) is 13.6. The largest absolute Gasteiger partial charge is 1.00 e.